The summed E-state index contributed by atoms with van der Waals surface area (Å²) in [5.74, 6) is 6.94. The van der Waals surface area contributed by atoms with Crippen molar-refractivity contribution in [3.8, 4) is 0 Å². The van der Waals surface area contributed by atoms with Gasteiger partial charge in [0.25, 0.3) is 0 Å². The molecule has 0 amide bonds. The van der Waals surface area contributed by atoms with E-state index in [2.05, 4.69) is 29.7 Å². The number of hydrazine groups is 1. The first-order valence-corrected chi connectivity index (χ1v) is 7.02. The maximum Gasteiger partial charge on any atom is 0.0510 e. The van der Waals surface area contributed by atoms with Crippen molar-refractivity contribution in [1.29, 1.82) is 0 Å². The van der Waals surface area contributed by atoms with Gasteiger partial charge in [0.2, 0.25) is 0 Å². The molecule has 98 valence electrons. The Kier molecular flexibility index (Phi) is 3.64. The van der Waals surface area contributed by atoms with Crippen molar-refractivity contribution in [2.24, 2.45) is 11.8 Å². The molecule has 0 aromatic heterocycles. The molecule has 1 aliphatic heterocycles. The summed E-state index contributed by atoms with van der Waals surface area (Å²) in [6.45, 7) is 1.74. The minimum absolute atomic E-state index is 0.356. The summed E-state index contributed by atoms with van der Waals surface area (Å²) < 4.78 is 5.52. The molecule has 1 aromatic rings. The lowest BCUT2D eigenvalue weighted by Crippen LogP contribution is -2.46. The van der Waals surface area contributed by atoms with Gasteiger partial charge in [0.1, 0.15) is 0 Å². The predicted molar refractivity (Wildman–Crippen MR) is 72.2 cm³/mol. The fraction of sp³-hybridized carbons (Fsp3) is 0.600. The second-order valence-corrected chi connectivity index (χ2v) is 5.51. The molecule has 1 saturated heterocycles. The minimum Gasteiger partial charge on any atom is -0.381 e. The van der Waals surface area contributed by atoms with Crippen LogP contribution in [0.3, 0.4) is 0 Å². The molecule has 3 unspecified atom stereocenters. The lowest BCUT2D eigenvalue weighted by molar-refractivity contribution is 0.170. The van der Waals surface area contributed by atoms with Crippen LogP contribution in [0.2, 0.25) is 0 Å². The molecule has 2 aliphatic rings. The van der Waals surface area contributed by atoms with Gasteiger partial charge in [-0.2, -0.15) is 0 Å². The summed E-state index contributed by atoms with van der Waals surface area (Å²) in [6.07, 6.45) is 4.86. The topological polar surface area (TPSA) is 47.3 Å². The second-order valence-electron chi connectivity index (χ2n) is 5.51. The minimum atomic E-state index is 0.356. The third-order valence-electron chi connectivity index (χ3n) is 4.51. The van der Waals surface area contributed by atoms with Crippen LogP contribution < -0.4 is 11.3 Å². The van der Waals surface area contributed by atoms with Crippen LogP contribution in [0, 0.1) is 5.92 Å². The van der Waals surface area contributed by atoms with Crippen molar-refractivity contribution in [1.82, 2.24) is 5.43 Å². The zero-order chi connectivity index (χ0) is 12.4. The van der Waals surface area contributed by atoms with E-state index in [1.165, 1.54) is 30.4 Å². The van der Waals surface area contributed by atoms with Gasteiger partial charge in [-0.25, -0.2) is 0 Å². The molecule has 0 saturated carbocycles. The predicted octanol–water partition coefficient (Wildman–Crippen LogP) is 1.97. The molecule has 0 spiro atoms. The molecule has 3 heteroatoms. The Morgan fingerprint density at radius 3 is 2.94 bits per heavy atom. The SMILES string of the molecule is NNC(C1CCOC1)C1CCCc2ccccc21. The van der Waals surface area contributed by atoms with E-state index in [1.807, 2.05) is 0 Å². The molecule has 0 bridgehead atoms. The van der Waals surface area contributed by atoms with Gasteiger partial charge < -0.3 is 4.74 Å². The number of nitrogens with two attached hydrogens (primary N) is 1. The van der Waals surface area contributed by atoms with Crippen LogP contribution in [0.15, 0.2) is 24.3 Å². The maximum atomic E-state index is 5.84. The fourth-order valence-electron chi connectivity index (χ4n) is 3.58. The van der Waals surface area contributed by atoms with Gasteiger partial charge in [-0.3, -0.25) is 11.3 Å². The maximum absolute atomic E-state index is 5.84. The van der Waals surface area contributed by atoms with Gasteiger partial charge in [0.05, 0.1) is 6.61 Å². The molecule has 0 radical (unpaired) electrons. The largest absolute Gasteiger partial charge is 0.381 e. The number of hydrogen-bond acceptors (Lipinski definition) is 3. The lowest BCUT2D eigenvalue weighted by Gasteiger charge is -2.35. The third-order valence-corrected chi connectivity index (χ3v) is 4.51. The highest BCUT2D eigenvalue weighted by Gasteiger charge is 2.34. The van der Waals surface area contributed by atoms with Crippen molar-refractivity contribution in [3.05, 3.63) is 35.4 Å². The lowest BCUT2D eigenvalue weighted by atomic mass is 9.75. The fourth-order valence-corrected chi connectivity index (χ4v) is 3.58. The van der Waals surface area contributed by atoms with Crippen molar-refractivity contribution >= 4 is 0 Å². The van der Waals surface area contributed by atoms with Crippen LogP contribution in [0.25, 0.3) is 0 Å². The van der Waals surface area contributed by atoms with Crippen LogP contribution in [0.5, 0.6) is 0 Å². The van der Waals surface area contributed by atoms with E-state index >= 15 is 0 Å². The zero-order valence-electron chi connectivity index (χ0n) is 10.8. The molecular weight excluding hydrogens is 224 g/mol. The Bertz CT molecular complexity index is 401. The van der Waals surface area contributed by atoms with Crippen molar-refractivity contribution in [3.63, 3.8) is 0 Å². The summed E-state index contributed by atoms with van der Waals surface area (Å²) in [5, 5.41) is 0. The van der Waals surface area contributed by atoms with E-state index in [0.29, 0.717) is 17.9 Å². The summed E-state index contributed by atoms with van der Waals surface area (Å²) in [6, 6.07) is 9.19. The van der Waals surface area contributed by atoms with Crippen LogP contribution >= 0.6 is 0 Å². The van der Waals surface area contributed by atoms with Gasteiger partial charge in [-0.1, -0.05) is 24.3 Å². The Labute approximate surface area is 109 Å². The number of fused-ring (bicyclic) bond motifs is 1. The van der Waals surface area contributed by atoms with E-state index < -0.39 is 0 Å². The van der Waals surface area contributed by atoms with Gasteiger partial charge in [0, 0.05) is 24.5 Å². The standard InChI is InChI=1S/C15H22N2O/c16-17-15(12-8-9-18-10-12)14-7-3-5-11-4-1-2-6-13(11)14/h1-2,4,6,12,14-15,17H,3,5,7-10,16H2. The van der Waals surface area contributed by atoms with E-state index in [4.69, 9.17) is 10.6 Å². The normalized spacial score (nSPS) is 28.9. The number of ether oxygens (including phenoxy) is 1. The summed E-state index contributed by atoms with van der Waals surface area (Å²) in [7, 11) is 0. The first-order valence-electron chi connectivity index (χ1n) is 7.02. The Morgan fingerprint density at radius 2 is 2.17 bits per heavy atom. The van der Waals surface area contributed by atoms with Crippen molar-refractivity contribution in [2.45, 2.75) is 37.6 Å². The van der Waals surface area contributed by atoms with E-state index in [1.54, 1.807) is 0 Å². The van der Waals surface area contributed by atoms with Crippen LogP contribution in [-0.4, -0.2) is 19.3 Å². The molecule has 1 fully saturated rings. The highest BCUT2D eigenvalue weighted by atomic mass is 16.5. The summed E-state index contributed by atoms with van der Waals surface area (Å²) >= 11 is 0. The number of rotatable bonds is 3. The Balaban J connectivity index is 1.87. The molecule has 1 aromatic carbocycles. The molecule has 1 aliphatic carbocycles. The van der Waals surface area contributed by atoms with Crippen LogP contribution in [0.4, 0.5) is 0 Å². The highest BCUT2D eigenvalue weighted by Crippen LogP contribution is 2.37. The molecule has 3 nitrogen and oxygen atoms in total. The zero-order valence-corrected chi connectivity index (χ0v) is 10.8. The van der Waals surface area contributed by atoms with Gasteiger partial charge in [-0.15, -0.1) is 0 Å². The Morgan fingerprint density at radius 1 is 1.28 bits per heavy atom. The molecule has 3 rings (SSSR count). The molecule has 3 atom stereocenters. The van der Waals surface area contributed by atoms with E-state index in [0.717, 1.165) is 19.6 Å². The third kappa shape index (κ3) is 2.18. The van der Waals surface area contributed by atoms with Gasteiger partial charge in [-0.05, 0) is 36.8 Å². The summed E-state index contributed by atoms with van der Waals surface area (Å²) in [5.41, 5.74) is 6.08. The van der Waals surface area contributed by atoms with E-state index in [-0.39, 0.29) is 0 Å². The van der Waals surface area contributed by atoms with Gasteiger partial charge >= 0.3 is 0 Å². The first-order chi connectivity index (χ1) is 8.90. The van der Waals surface area contributed by atoms with Crippen LogP contribution in [-0.2, 0) is 11.2 Å². The van der Waals surface area contributed by atoms with Crippen molar-refractivity contribution < 1.29 is 4.74 Å². The molecule has 3 N–H and O–H groups in total. The highest BCUT2D eigenvalue weighted by molar-refractivity contribution is 5.34. The van der Waals surface area contributed by atoms with Crippen molar-refractivity contribution in [2.75, 3.05) is 13.2 Å². The quantitative estimate of drug-likeness (QED) is 0.633. The van der Waals surface area contributed by atoms with Crippen LogP contribution in [0.1, 0.15) is 36.3 Å². The average molecular weight is 246 g/mol. The summed E-state index contributed by atoms with van der Waals surface area (Å²) in [4.78, 5) is 0. The molecular formula is C15H22N2O. The number of benzene rings is 1. The average Bonchev–Trinajstić information content (AvgIpc) is 2.94. The van der Waals surface area contributed by atoms with E-state index in [9.17, 15) is 0 Å². The second kappa shape index (κ2) is 5.39. The van der Waals surface area contributed by atoms with Gasteiger partial charge in [0.15, 0.2) is 0 Å². The first kappa shape index (κ1) is 12.2. The number of hydrogen-bond donors (Lipinski definition) is 2. The number of nitrogens with one attached hydrogen (secondary N) is 1. The molecule has 1 heterocycles. The molecule has 18 heavy (non-hydrogen) atoms. The smallest absolute Gasteiger partial charge is 0.0510 e. The number of aryl methyl sites for hydroxylation is 1. The monoisotopic (exact) mass is 246 g/mol. The Hall–Kier alpha value is -0.900.